The lowest BCUT2D eigenvalue weighted by molar-refractivity contribution is -0.142. The van der Waals surface area contributed by atoms with E-state index in [0.29, 0.717) is 12.0 Å². The summed E-state index contributed by atoms with van der Waals surface area (Å²) in [5.41, 5.74) is 5.53. The summed E-state index contributed by atoms with van der Waals surface area (Å²) in [6.07, 6.45) is 0.549. The minimum Gasteiger partial charge on any atom is -0.469 e. The number of esters is 1. The van der Waals surface area contributed by atoms with Gasteiger partial charge in [0.1, 0.15) is 11.6 Å². The van der Waals surface area contributed by atoms with E-state index in [4.69, 9.17) is 5.73 Å². The second-order valence-corrected chi connectivity index (χ2v) is 4.84. The van der Waals surface area contributed by atoms with Crippen molar-refractivity contribution in [2.75, 3.05) is 7.11 Å². The molecule has 0 bridgehead atoms. The number of carbonyl (C=O) groups excluding carboxylic acids is 1. The van der Waals surface area contributed by atoms with Crippen molar-refractivity contribution in [1.29, 1.82) is 0 Å². The molecular weight excluding hydrogens is 252 g/mol. The number of hydrogen-bond donors (Lipinski definition) is 1. The molecule has 3 nitrogen and oxygen atoms in total. The Morgan fingerprint density at radius 1 is 1.37 bits per heavy atom. The van der Waals surface area contributed by atoms with Crippen LogP contribution in [0.25, 0.3) is 0 Å². The van der Waals surface area contributed by atoms with Crippen LogP contribution in [0.2, 0.25) is 0 Å². The maximum absolute atomic E-state index is 13.3. The molecule has 0 aromatic heterocycles. The van der Waals surface area contributed by atoms with Crippen molar-refractivity contribution in [1.82, 2.24) is 0 Å². The highest BCUT2D eigenvalue weighted by molar-refractivity contribution is 5.71. The number of carbonyl (C=O) groups is 1. The SMILES string of the molecule is CCC(N)C(C)(CC(=O)OC)c1cc(F)cc(F)c1. The minimum absolute atomic E-state index is 0.0264. The fourth-order valence-electron chi connectivity index (χ4n) is 2.15. The van der Waals surface area contributed by atoms with Crippen LogP contribution < -0.4 is 5.73 Å². The second-order valence-electron chi connectivity index (χ2n) is 4.84. The first kappa shape index (κ1) is 15.6. The molecule has 106 valence electrons. The van der Waals surface area contributed by atoms with Crippen LogP contribution in [0.5, 0.6) is 0 Å². The van der Waals surface area contributed by atoms with Crippen molar-refractivity contribution in [3.05, 3.63) is 35.4 Å². The number of benzene rings is 1. The third-order valence-corrected chi connectivity index (χ3v) is 3.52. The molecule has 2 atom stereocenters. The Kier molecular flexibility index (Phi) is 5.00. The predicted molar refractivity (Wildman–Crippen MR) is 68.6 cm³/mol. The van der Waals surface area contributed by atoms with Crippen LogP contribution in [0, 0.1) is 11.6 Å². The number of ether oxygens (including phenoxy) is 1. The molecule has 1 aromatic carbocycles. The summed E-state index contributed by atoms with van der Waals surface area (Å²) in [5, 5.41) is 0. The highest BCUT2D eigenvalue weighted by atomic mass is 19.1. The van der Waals surface area contributed by atoms with E-state index in [9.17, 15) is 13.6 Å². The highest BCUT2D eigenvalue weighted by Crippen LogP contribution is 2.33. The van der Waals surface area contributed by atoms with Gasteiger partial charge < -0.3 is 10.5 Å². The van der Waals surface area contributed by atoms with E-state index >= 15 is 0 Å². The van der Waals surface area contributed by atoms with Gasteiger partial charge in [0, 0.05) is 17.5 Å². The van der Waals surface area contributed by atoms with Crippen molar-refractivity contribution < 1.29 is 18.3 Å². The molecule has 2 unspecified atom stereocenters. The normalized spacial score (nSPS) is 15.7. The van der Waals surface area contributed by atoms with E-state index < -0.39 is 29.1 Å². The molecule has 5 heteroatoms. The lowest BCUT2D eigenvalue weighted by Crippen LogP contribution is -2.44. The van der Waals surface area contributed by atoms with Crippen LogP contribution in [0.4, 0.5) is 8.78 Å². The Bertz CT molecular complexity index is 445. The number of halogens is 2. The molecule has 0 aliphatic carbocycles. The average molecular weight is 271 g/mol. The third-order valence-electron chi connectivity index (χ3n) is 3.52. The fraction of sp³-hybridized carbons (Fsp3) is 0.500. The maximum Gasteiger partial charge on any atom is 0.306 e. The lowest BCUT2D eigenvalue weighted by atomic mass is 9.72. The number of nitrogens with two attached hydrogens (primary N) is 1. The molecule has 0 aliphatic heterocycles. The maximum atomic E-state index is 13.3. The summed E-state index contributed by atoms with van der Waals surface area (Å²) in [5.74, 6) is -1.83. The first-order valence-corrected chi connectivity index (χ1v) is 6.12. The highest BCUT2D eigenvalue weighted by Gasteiger charge is 2.36. The smallest absolute Gasteiger partial charge is 0.306 e. The van der Waals surface area contributed by atoms with Crippen molar-refractivity contribution in [3.8, 4) is 0 Å². The summed E-state index contributed by atoms with van der Waals surface area (Å²) < 4.78 is 31.3. The van der Waals surface area contributed by atoms with Crippen molar-refractivity contribution in [3.63, 3.8) is 0 Å². The van der Waals surface area contributed by atoms with E-state index in [1.165, 1.54) is 19.2 Å². The van der Waals surface area contributed by atoms with Gasteiger partial charge in [0.15, 0.2) is 0 Å². The van der Waals surface area contributed by atoms with Crippen molar-refractivity contribution in [2.45, 2.75) is 38.1 Å². The summed E-state index contributed by atoms with van der Waals surface area (Å²) >= 11 is 0. The zero-order valence-electron chi connectivity index (χ0n) is 11.4. The first-order valence-electron chi connectivity index (χ1n) is 6.12. The molecule has 0 amide bonds. The molecular formula is C14H19F2NO2. The van der Waals surface area contributed by atoms with Crippen LogP contribution >= 0.6 is 0 Å². The summed E-state index contributed by atoms with van der Waals surface area (Å²) in [4.78, 5) is 11.5. The number of rotatable bonds is 5. The molecule has 0 saturated heterocycles. The van der Waals surface area contributed by atoms with Gasteiger partial charge in [-0.2, -0.15) is 0 Å². The minimum atomic E-state index is -0.870. The number of methoxy groups -OCH3 is 1. The van der Waals surface area contributed by atoms with E-state index in [2.05, 4.69) is 4.74 Å². The Hall–Kier alpha value is -1.49. The zero-order chi connectivity index (χ0) is 14.6. The first-order chi connectivity index (χ1) is 8.83. The van der Waals surface area contributed by atoms with Crippen molar-refractivity contribution >= 4 is 5.97 Å². The Morgan fingerprint density at radius 3 is 2.32 bits per heavy atom. The van der Waals surface area contributed by atoms with Crippen LogP contribution in [0.15, 0.2) is 18.2 Å². The van der Waals surface area contributed by atoms with E-state index in [-0.39, 0.29) is 6.42 Å². The topological polar surface area (TPSA) is 52.3 Å². The van der Waals surface area contributed by atoms with Gasteiger partial charge in [-0.1, -0.05) is 13.8 Å². The Balaban J connectivity index is 3.25. The van der Waals surface area contributed by atoms with Gasteiger partial charge in [-0.3, -0.25) is 4.79 Å². The molecule has 2 N–H and O–H groups in total. The molecule has 0 heterocycles. The quantitative estimate of drug-likeness (QED) is 0.837. The number of hydrogen-bond acceptors (Lipinski definition) is 3. The van der Waals surface area contributed by atoms with Crippen LogP contribution in [-0.2, 0) is 14.9 Å². The van der Waals surface area contributed by atoms with Gasteiger partial charge in [0.25, 0.3) is 0 Å². The predicted octanol–water partition coefficient (Wildman–Crippen LogP) is 2.52. The molecule has 0 fully saturated rings. The molecule has 0 spiro atoms. The molecule has 1 aromatic rings. The van der Waals surface area contributed by atoms with Crippen LogP contribution in [0.3, 0.4) is 0 Å². The molecule has 1 rings (SSSR count). The van der Waals surface area contributed by atoms with Crippen molar-refractivity contribution in [2.24, 2.45) is 5.73 Å². The molecule has 0 saturated carbocycles. The third kappa shape index (κ3) is 3.50. The standard InChI is InChI=1S/C14H19F2NO2/c1-4-12(17)14(2,8-13(18)19-3)9-5-10(15)7-11(16)6-9/h5-7,12H,4,8,17H2,1-3H3. The van der Waals surface area contributed by atoms with Crippen LogP contribution in [0.1, 0.15) is 32.3 Å². The zero-order valence-corrected chi connectivity index (χ0v) is 11.4. The molecule has 0 aliphatic rings. The van der Waals surface area contributed by atoms with Gasteiger partial charge in [-0.25, -0.2) is 8.78 Å². The molecule has 0 radical (unpaired) electrons. The Labute approximate surface area is 111 Å². The summed E-state index contributed by atoms with van der Waals surface area (Å²) in [6, 6.07) is 2.80. The van der Waals surface area contributed by atoms with Gasteiger partial charge in [0.05, 0.1) is 13.5 Å². The lowest BCUT2D eigenvalue weighted by Gasteiger charge is -2.34. The largest absolute Gasteiger partial charge is 0.469 e. The van der Waals surface area contributed by atoms with Gasteiger partial charge in [-0.05, 0) is 24.1 Å². The summed E-state index contributed by atoms with van der Waals surface area (Å²) in [6.45, 7) is 3.57. The Morgan fingerprint density at radius 2 is 1.89 bits per heavy atom. The van der Waals surface area contributed by atoms with Gasteiger partial charge in [0.2, 0.25) is 0 Å². The van der Waals surface area contributed by atoms with Crippen LogP contribution in [-0.4, -0.2) is 19.1 Å². The van der Waals surface area contributed by atoms with Gasteiger partial charge in [-0.15, -0.1) is 0 Å². The monoisotopic (exact) mass is 271 g/mol. The second kappa shape index (κ2) is 6.10. The molecule has 19 heavy (non-hydrogen) atoms. The van der Waals surface area contributed by atoms with E-state index in [0.717, 1.165) is 6.07 Å². The van der Waals surface area contributed by atoms with E-state index in [1.807, 2.05) is 6.92 Å². The van der Waals surface area contributed by atoms with E-state index in [1.54, 1.807) is 6.92 Å². The summed E-state index contributed by atoms with van der Waals surface area (Å²) in [7, 11) is 1.27. The average Bonchev–Trinajstić information content (AvgIpc) is 2.36. The fourth-order valence-corrected chi connectivity index (χ4v) is 2.15. The van der Waals surface area contributed by atoms with Gasteiger partial charge >= 0.3 is 5.97 Å².